The molecule has 0 aromatic carbocycles. The Kier molecular flexibility index (Phi) is 2.70. The quantitative estimate of drug-likeness (QED) is 0.413. The number of hydrogen-bond donors (Lipinski definition) is 0. The van der Waals surface area contributed by atoms with E-state index in [-0.39, 0.29) is 5.48 Å². The van der Waals surface area contributed by atoms with Gasteiger partial charge in [0.05, 0.1) is 6.21 Å². The Morgan fingerprint density at radius 3 is 2.43 bits per heavy atom. The maximum atomic E-state index is 4.19. The SMILES string of the molecule is C1=COON=C1.[O]. The molecule has 0 aliphatic carbocycles. The van der Waals surface area contributed by atoms with Crippen molar-refractivity contribution >= 4 is 6.21 Å². The van der Waals surface area contributed by atoms with E-state index in [1.807, 2.05) is 0 Å². The van der Waals surface area contributed by atoms with E-state index in [9.17, 15) is 0 Å². The fourth-order valence-electron chi connectivity index (χ4n) is 0.177. The van der Waals surface area contributed by atoms with Crippen molar-refractivity contribution < 1.29 is 15.4 Å². The standard InChI is InChI=1S/C3H3NO2.O/c1-2-4-6-5-3-1;/h1-3H;. The number of oxime groups is 1. The molecule has 1 rings (SSSR count). The Morgan fingerprint density at radius 2 is 2.29 bits per heavy atom. The van der Waals surface area contributed by atoms with Crippen molar-refractivity contribution in [2.24, 2.45) is 5.16 Å². The van der Waals surface area contributed by atoms with Crippen LogP contribution in [-0.2, 0) is 15.4 Å². The highest BCUT2D eigenvalue weighted by Gasteiger charge is 1.77. The number of allylic oxidation sites excluding steroid dienone is 1. The van der Waals surface area contributed by atoms with Gasteiger partial charge in [-0.15, -0.1) is 0 Å². The third-order valence-electron chi connectivity index (χ3n) is 0.367. The van der Waals surface area contributed by atoms with Gasteiger partial charge in [0, 0.05) is 5.48 Å². The summed E-state index contributed by atoms with van der Waals surface area (Å²) in [6.45, 7) is 0. The van der Waals surface area contributed by atoms with E-state index >= 15 is 0 Å². The van der Waals surface area contributed by atoms with Crippen LogP contribution < -0.4 is 0 Å². The first-order chi connectivity index (χ1) is 3.00. The molecule has 1 aliphatic heterocycles. The summed E-state index contributed by atoms with van der Waals surface area (Å²) in [5.74, 6) is 0. The Morgan fingerprint density at radius 1 is 1.43 bits per heavy atom. The molecule has 0 fully saturated rings. The molecule has 0 atom stereocenters. The maximum Gasteiger partial charge on any atom is 0.147 e. The topological polar surface area (TPSA) is 59.3 Å². The molecular weight excluding hydrogens is 98.0 g/mol. The summed E-state index contributed by atoms with van der Waals surface area (Å²) in [6, 6.07) is 0. The minimum atomic E-state index is 0. The van der Waals surface area contributed by atoms with E-state index in [0.29, 0.717) is 0 Å². The Balaban J connectivity index is 0.000000360. The normalized spacial score (nSPS) is 13.7. The van der Waals surface area contributed by atoms with Gasteiger partial charge in [0.2, 0.25) is 0 Å². The van der Waals surface area contributed by atoms with Gasteiger partial charge >= 0.3 is 0 Å². The van der Waals surface area contributed by atoms with E-state index in [1.54, 1.807) is 6.08 Å². The summed E-state index contributed by atoms with van der Waals surface area (Å²) in [4.78, 5) is 8.24. The summed E-state index contributed by atoms with van der Waals surface area (Å²) >= 11 is 0. The molecule has 38 valence electrons. The van der Waals surface area contributed by atoms with Crippen molar-refractivity contribution in [3.05, 3.63) is 12.3 Å². The molecule has 0 bridgehead atoms. The molecule has 0 spiro atoms. The highest BCUT2D eigenvalue weighted by molar-refractivity contribution is 5.70. The minimum Gasteiger partial charge on any atom is -0.275 e. The predicted octanol–water partition coefficient (Wildman–Crippen LogP) is 0.329. The summed E-state index contributed by atoms with van der Waals surface area (Å²) in [6.07, 6.45) is 4.51. The van der Waals surface area contributed by atoms with Crippen molar-refractivity contribution in [2.75, 3.05) is 0 Å². The molecule has 0 N–H and O–H groups in total. The Hall–Kier alpha value is -1.03. The van der Waals surface area contributed by atoms with Crippen molar-refractivity contribution in [1.82, 2.24) is 0 Å². The molecule has 1 aliphatic rings. The fourth-order valence-corrected chi connectivity index (χ4v) is 0.177. The fraction of sp³-hybridized carbons (Fsp3) is 0. The third-order valence-corrected chi connectivity index (χ3v) is 0.367. The highest BCUT2D eigenvalue weighted by atomic mass is 17.3. The van der Waals surface area contributed by atoms with Gasteiger partial charge in [-0.25, -0.2) is 0 Å². The van der Waals surface area contributed by atoms with Crippen LogP contribution in [0.3, 0.4) is 0 Å². The van der Waals surface area contributed by atoms with Crippen molar-refractivity contribution in [3.63, 3.8) is 0 Å². The zero-order valence-electron chi connectivity index (χ0n) is 3.40. The highest BCUT2D eigenvalue weighted by Crippen LogP contribution is 1.84. The summed E-state index contributed by atoms with van der Waals surface area (Å²) in [5, 5.41) is 3.24. The first-order valence-corrected chi connectivity index (χ1v) is 1.51. The molecule has 4 nitrogen and oxygen atoms in total. The monoisotopic (exact) mass is 101 g/mol. The summed E-state index contributed by atoms with van der Waals surface area (Å²) < 4.78 is 0. The van der Waals surface area contributed by atoms with E-state index in [1.165, 1.54) is 12.5 Å². The molecule has 0 unspecified atom stereocenters. The lowest BCUT2D eigenvalue weighted by Gasteiger charge is -1.92. The molecule has 0 aromatic heterocycles. The first-order valence-electron chi connectivity index (χ1n) is 1.51. The predicted molar refractivity (Wildman–Crippen MR) is 20.5 cm³/mol. The molecule has 0 saturated carbocycles. The third kappa shape index (κ3) is 1.77. The second-order valence-corrected chi connectivity index (χ2v) is 0.754. The number of nitrogens with zero attached hydrogens (tertiary/aromatic N) is 1. The average molecular weight is 101 g/mol. The van der Waals surface area contributed by atoms with Crippen LogP contribution in [-0.4, -0.2) is 6.21 Å². The molecule has 2 radical (unpaired) electrons. The van der Waals surface area contributed by atoms with E-state index in [4.69, 9.17) is 0 Å². The molecule has 7 heavy (non-hydrogen) atoms. The van der Waals surface area contributed by atoms with Crippen LogP contribution in [0.2, 0.25) is 0 Å². The van der Waals surface area contributed by atoms with E-state index < -0.39 is 0 Å². The second kappa shape index (κ2) is 3.17. The smallest absolute Gasteiger partial charge is 0.147 e. The molecule has 1 heterocycles. The van der Waals surface area contributed by atoms with Gasteiger partial charge in [0.25, 0.3) is 0 Å². The first kappa shape index (κ1) is 5.97. The largest absolute Gasteiger partial charge is 0.275 e. The number of rotatable bonds is 0. The van der Waals surface area contributed by atoms with Crippen LogP contribution >= 0.6 is 0 Å². The zero-order chi connectivity index (χ0) is 4.24. The van der Waals surface area contributed by atoms with Crippen molar-refractivity contribution in [3.8, 4) is 0 Å². The molecule has 0 saturated heterocycles. The van der Waals surface area contributed by atoms with Crippen LogP contribution in [0.5, 0.6) is 0 Å². The van der Waals surface area contributed by atoms with Crippen LogP contribution in [0.1, 0.15) is 0 Å². The Labute approximate surface area is 40.3 Å². The van der Waals surface area contributed by atoms with Crippen LogP contribution in [0.15, 0.2) is 17.5 Å². The van der Waals surface area contributed by atoms with Crippen LogP contribution in [0.4, 0.5) is 0 Å². The van der Waals surface area contributed by atoms with Gasteiger partial charge in [-0.2, -0.15) is 4.99 Å². The van der Waals surface area contributed by atoms with E-state index in [2.05, 4.69) is 15.0 Å². The second-order valence-electron chi connectivity index (χ2n) is 0.754. The van der Waals surface area contributed by atoms with Gasteiger partial charge in [-0.1, -0.05) is 0 Å². The maximum absolute atomic E-state index is 4.19. The van der Waals surface area contributed by atoms with Gasteiger partial charge in [-0.05, 0) is 11.2 Å². The van der Waals surface area contributed by atoms with Crippen LogP contribution in [0.25, 0.3) is 0 Å². The summed E-state index contributed by atoms with van der Waals surface area (Å²) in [5.41, 5.74) is 0. The molecular formula is C3H3NO3. The zero-order valence-corrected chi connectivity index (χ0v) is 3.40. The van der Waals surface area contributed by atoms with Crippen LogP contribution in [0, 0.1) is 0 Å². The molecule has 0 amide bonds. The Bertz CT molecular complexity index is 76.2. The van der Waals surface area contributed by atoms with Crippen molar-refractivity contribution in [1.29, 1.82) is 0 Å². The van der Waals surface area contributed by atoms with Crippen molar-refractivity contribution in [2.45, 2.75) is 0 Å². The minimum absolute atomic E-state index is 0. The lowest BCUT2D eigenvalue weighted by molar-refractivity contribution is -0.251. The number of hydrogen-bond acceptors (Lipinski definition) is 3. The lowest BCUT2D eigenvalue weighted by Crippen LogP contribution is -1.82. The van der Waals surface area contributed by atoms with Gasteiger partial charge < -0.3 is 0 Å². The van der Waals surface area contributed by atoms with E-state index in [0.717, 1.165) is 0 Å². The average Bonchev–Trinajstić information content (AvgIpc) is 1.72. The van der Waals surface area contributed by atoms with Gasteiger partial charge in [0.15, 0.2) is 0 Å². The summed E-state index contributed by atoms with van der Waals surface area (Å²) in [7, 11) is 0. The molecule has 0 aromatic rings. The van der Waals surface area contributed by atoms with Gasteiger partial charge in [0.1, 0.15) is 6.26 Å². The lowest BCUT2D eigenvalue weighted by atomic mass is 10.7. The molecule has 4 heteroatoms. The van der Waals surface area contributed by atoms with Gasteiger partial charge in [-0.3, -0.25) is 4.89 Å².